The van der Waals surface area contributed by atoms with Crippen LogP contribution in [-0.2, 0) is 4.79 Å². The third-order valence-electron chi connectivity index (χ3n) is 2.18. The molecule has 0 heterocycles. The lowest BCUT2D eigenvalue weighted by Gasteiger charge is -2.06. The van der Waals surface area contributed by atoms with Gasteiger partial charge in [0, 0.05) is 5.92 Å². The summed E-state index contributed by atoms with van der Waals surface area (Å²) in [7, 11) is 0. The minimum absolute atomic E-state index is 0.0130. The first-order valence-corrected chi connectivity index (χ1v) is 5.03. The minimum Gasteiger partial charge on any atom is -0.303 e. The molecule has 0 bridgehead atoms. The van der Waals surface area contributed by atoms with Crippen LogP contribution in [0.1, 0.15) is 31.2 Å². The number of carbonyl (C=O) groups is 1. The summed E-state index contributed by atoms with van der Waals surface area (Å²) in [5.74, 6) is 0.0130. The van der Waals surface area contributed by atoms with Gasteiger partial charge in [-0.15, -0.1) is 0 Å². The second-order valence-electron chi connectivity index (χ2n) is 3.27. The van der Waals surface area contributed by atoms with Crippen LogP contribution >= 0.6 is 0 Å². The molecular weight excluding hydrogens is 172 g/mol. The van der Waals surface area contributed by atoms with Gasteiger partial charge in [0.2, 0.25) is 0 Å². The Hall–Kier alpha value is -1.37. The predicted molar refractivity (Wildman–Crippen MR) is 59.3 cm³/mol. The van der Waals surface area contributed by atoms with E-state index >= 15 is 0 Å². The molecule has 1 atom stereocenters. The molecule has 0 amide bonds. The monoisotopic (exact) mass is 188 g/mol. The summed E-state index contributed by atoms with van der Waals surface area (Å²) >= 11 is 0. The molecule has 1 rings (SSSR count). The van der Waals surface area contributed by atoms with Crippen LogP contribution in [0.5, 0.6) is 0 Å². The fourth-order valence-electron chi connectivity index (χ4n) is 1.38. The molecule has 0 fully saturated rings. The van der Waals surface area contributed by atoms with Gasteiger partial charge in [-0.2, -0.15) is 0 Å². The predicted octanol–water partition coefficient (Wildman–Crippen LogP) is 3.33. The Bertz CT molecular complexity index is 287. The van der Waals surface area contributed by atoms with Gasteiger partial charge >= 0.3 is 0 Å². The first-order chi connectivity index (χ1) is 6.88. The molecular formula is C13H16O. The number of hydrogen-bond donors (Lipinski definition) is 0. The van der Waals surface area contributed by atoms with E-state index in [2.05, 4.69) is 19.1 Å². The van der Waals surface area contributed by atoms with Crippen LogP contribution < -0.4 is 0 Å². The second kappa shape index (κ2) is 6.14. The minimum atomic E-state index is 0.0130. The zero-order valence-electron chi connectivity index (χ0n) is 8.52. The van der Waals surface area contributed by atoms with Crippen molar-refractivity contribution in [2.75, 3.05) is 0 Å². The van der Waals surface area contributed by atoms with Crippen molar-refractivity contribution >= 4 is 6.29 Å². The summed E-state index contributed by atoms with van der Waals surface area (Å²) in [6.07, 6.45) is 7.03. The van der Waals surface area contributed by atoms with Gasteiger partial charge in [-0.1, -0.05) is 49.4 Å². The van der Waals surface area contributed by atoms with Crippen molar-refractivity contribution in [1.29, 1.82) is 0 Å². The maximum absolute atomic E-state index is 10.9. The van der Waals surface area contributed by atoms with Gasteiger partial charge in [0.1, 0.15) is 6.29 Å². The van der Waals surface area contributed by atoms with Crippen LogP contribution in [0.3, 0.4) is 0 Å². The van der Waals surface area contributed by atoms with E-state index in [9.17, 15) is 4.79 Å². The summed E-state index contributed by atoms with van der Waals surface area (Å²) in [6.45, 7) is 2.09. The second-order valence-corrected chi connectivity index (χ2v) is 3.27. The molecule has 0 aliphatic carbocycles. The Balaban J connectivity index is 2.63. The van der Waals surface area contributed by atoms with E-state index < -0.39 is 0 Å². The molecule has 1 aromatic rings. The van der Waals surface area contributed by atoms with Crippen molar-refractivity contribution in [3.8, 4) is 0 Å². The fourth-order valence-corrected chi connectivity index (χ4v) is 1.38. The van der Waals surface area contributed by atoms with Crippen molar-refractivity contribution in [2.45, 2.75) is 25.7 Å². The highest BCUT2D eigenvalue weighted by Gasteiger charge is 2.06. The Morgan fingerprint density at radius 3 is 2.50 bits per heavy atom. The highest BCUT2D eigenvalue weighted by molar-refractivity contribution is 5.62. The summed E-state index contributed by atoms with van der Waals surface area (Å²) in [5.41, 5.74) is 1.10. The number of aldehydes is 1. The molecule has 14 heavy (non-hydrogen) atoms. The van der Waals surface area contributed by atoms with Gasteiger partial charge in [0.05, 0.1) is 0 Å². The summed E-state index contributed by atoms with van der Waals surface area (Å²) in [4.78, 5) is 10.9. The number of carbonyl (C=O) groups excluding carboxylic acids is 1. The molecule has 74 valence electrons. The summed E-state index contributed by atoms with van der Waals surface area (Å²) in [5, 5.41) is 0. The third kappa shape index (κ3) is 3.17. The Labute approximate surface area is 85.5 Å². The van der Waals surface area contributed by atoms with Gasteiger partial charge in [-0.25, -0.2) is 0 Å². The normalized spacial score (nSPS) is 12.9. The standard InChI is InChI=1S/C13H16O/c1-2-3-5-10-13(11-14)12-8-6-4-7-9-12/h3-9,11,13H,2,10H2,1H3/b5-3+. The first kappa shape index (κ1) is 10.7. The van der Waals surface area contributed by atoms with Crippen LogP contribution in [0.15, 0.2) is 42.5 Å². The average molecular weight is 188 g/mol. The molecule has 0 aliphatic rings. The highest BCUT2D eigenvalue weighted by atomic mass is 16.1. The van der Waals surface area contributed by atoms with Crippen molar-refractivity contribution in [3.05, 3.63) is 48.0 Å². The van der Waals surface area contributed by atoms with Crippen molar-refractivity contribution in [1.82, 2.24) is 0 Å². The first-order valence-electron chi connectivity index (χ1n) is 5.03. The molecule has 0 saturated carbocycles. The van der Waals surface area contributed by atoms with Gasteiger partial charge in [-0.3, -0.25) is 0 Å². The quantitative estimate of drug-likeness (QED) is 0.511. The molecule has 1 heteroatoms. The molecule has 0 saturated heterocycles. The average Bonchev–Trinajstić information content (AvgIpc) is 2.26. The zero-order chi connectivity index (χ0) is 10.2. The van der Waals surface area contributed by atoms with E-state index in [0.29, 0.717) is 0 Å². The lowest BCUT2D eigenvalue weighted by Crippen LogP contribution is -1.98. The molecule has 0 aliphatic heterocycles. The van der Waals surface area contributed by atoms with E-state index in [-0.39, 0.29) is 5.92 Å². The maximum atomic E-state index is 10.9. The van der Waals surface area contributed by atoms with Gasteiger partial charge < -0.3 is 4.79 Å². The SMILES string of the molecule is CC/C=C/CC(C=O)c1ccccc1. The highest BCUT2D eigenvalue weighted by Crippen LogP contribution is 2.17. The van der Waals surface area contributed by atoms with E-state index in [0.717, 1.165) is 24.7 Å². The largest absolute Gasteiger partial charge is 0.303 e. The molecule has 1 nitrogen and oxygen atoms in total. The Kier molecular flexibility index (Phi) is 4.70. The molecule has 1 unspecified atom stereocenters. The van der Waals surface area contributed by atoms with E-state index in [1.807, 2.05) is 30.3 Å². The molecule has 0 radical (unpaired) electrons. The fraction of sp³-hybridized carbons (Fsp3) is 0.308. The summed E-state index contributed by atoms with van der Waals surface area (Å²) in [6, 6.07) is 9.90. The van der Waals surface area contributed by atoms with Gasteiger partial charge in [0.15, 0.2) is 0 Å². The number of hydrogen-bond acceptors (Lipinski definition) is 1. The van der Waals surface area contributed by atoms with Gasteiger partial charge in [0.25, 0.3) is 0 Å². The number of rotatable bonds is 5. The topological polar surface area (TPSA) is 17.1 Å². The smallest absolute Gasteiger partial charge is 0.127 e. The zero-order valence-corrected chi connectivity index (χ0v) is 8.52. The maximum Gasteiger partial charge on any atom is 0.127 e. The molecule has 0 N–H and O–H groups in total. The van der Waals surface area contributed by atoms with Crippen molar-refractivity contribution in [2.24, 2.45) is 0 Å². The van der Waals surface area contributed by atoms with Crippen LogP contribution in [0, 0.1) is 0 Å². The Morgan fingerprint density at radius 2 is 1.93 bits per heavy atom. The third-order valence-corrected chi connectivity index (χ3v) is 2.18. The van der Waals surface area contributed by atoms with E-state index in [1.54, 1.807) is 0 Å². The molecule has 0 spiro atoms. The lowest BCUT2D eigenvalue weighted by molar-refractivity contribution is -0.109. The van der Waals surface area contributed by atoms with Crippen LogP contribution in [0.25, 0.3) is 0 Å². The van der Waals surface area contributed by atoms with E-state index in [1.165, 1.54) is 0 Å². The van der Waals surface area contributed by atoms with Crippen LogP contribution in [0.2, 0.25) is 0 Å². The van der Waals surface area contributed by atoms with Crippen LogP contribution in [0.4, 0.5) is 0 Å². The lowest BCUT2D eigenvalue weighted by atomic mass is 9.97. The van der Waals surface area contributed by atoms with Crippen molar-refractivity contribution in [3.63, 3.8) is 0 Å². The van der Waals surface area contributed by atoms with Gasteiger partial charge in [-0.05, 0) is 18.4 Å². The molecule has 1 aromatic carbocycles. The molecule has 0 aromatic heterocycles. The van der Waals surface area contributed by atoms with Crippen molar-refractivity contribution < 1.29 is 4.79 Å². The van der Waals surface area contributed by atoms with E-state index in [4.69, 9.17) is 0 Å². The number of allylic oxidation sites excluding steroid dienone is 2. The Morgan fingerprint density at radius 1 is 1.21 bits per heavy atom. The number of benzene rings is 1. The van der Waals surface area contributed by atoms with Crippen LogP contribution in [-0.4, -0.2) is 6.29 Å². The summed E-state index contributed by atoms with van der Waals surface area (Å²) < 4.78 is 0.